The molecule has 60 valence electrons. The van der Waals surface area contributed by atoms with Gasteiger partial charge in [-0.25, -0.2) is 0 Å². The second-order valence-corrected chi connectivity index (χ2v) is 3.07. The Balaban J connectivity index is 3.29. The van der Waals surface area contributed by atoms with Crippen LogP contribution in [0.4, 0.5) is 0 Å². The lowest BCUT2D eigenvalue weighted by Crippen LogP contribution is -2.00. The molecule has 0 aliphatic heterocycles. The summed E-state index contributed by atoms with van der Waals surface area (Å²) < 4.78 is 0. The third-order valence-corrected chi connectivity index (χ3v) is 2.40. The van der Waals surface area contributed by atoms with Gasteiger partial charge in [0.1, 0.15) is 0 Å². The van der Waals surface area contributed by atoms with E-state index in [-0.39, 0.29) is 0 Å². The molecule has 0 spiro atoms. The van der Waals surface area contributed by atoms with Crippen LogP contribution in [-0.4, -0.2) is 0 Å². The molecule has 0 saturated carbocycles. The summed E-state index contributed by atoms with van der Waals surface area (Å²) in [7, 11) is 0. The Hall–Kier alpha value is -0.530. The first-order chi connectivity index (χ1) is 5.16. The lowest BCUT2D eigenvalue weighted by Gasteiger charge is -2.07. The molecule has 0 heterocycles. The second kappa shape index (κ2) is 3.24. The highest BCUT2D eigenvalue weighted by molar-refractivity contribution is 6.32. The summed E-state index contributed by atoms with van der Waals surface area (Å²) in [6, 6.07) is 4.06. The van der Waals surface area contributed by atoms with E-state index in [0.29, 0.717) is 6.54 Å². The second-order valence-electron chi connectivity index (χ2n) is 2.70. The highest BCUT2D eigenvalue weighted by Gasteiger charge is 2.03. The molecule has 2 heteroatoms. The Kier molecular flexibility index (Phi) is 2.53. The number of benzene rings is 1. The van der Waals surface area contributed by atoms with Crippen LogP contribution in [0.2, 0.25) is 5.02 Å². The zero-order valence-corrected chi connectivity index (χ0v) is 7.57. The Morgan fingerprint density at radius 1 is 1.27 bits per heavy atom. The van der Waals surface area contributed by atoms with E-state index in [1.165, 1.54) is 5.56 Å². The molecule has 0 saturated heterocycles. The summed E-state index contributed by atoms with van der Waals surface area (Å²) in [6.07, 6.45) is 0. The van der Waals surface area contributed by atoms with Gasteiger partial charge in [0.15, 0.2) is 0 Å². The fraction of sp³-hybridized carbons (Fsp3) is 0.333. The topological polar surface area (TPSA) is 26.0 Å². The van der Waals surface area contributed by atoms with Gasteiger partial charge in [-0.05, 0) is 30.5 Å². The molecule has 0 aliphatic carbocycles. The summed E-state index contributed by atoms with van der Waals surface area (Å²) in [5.74, 6) is 0. The highest BCUT2D eigenvalue weighted by Crippen LogP contribution is 2.22. The number of rotatable bonds is 1. The number of halogens is 1. The van der Waals surface area contributed by atoms with Crippen molar-refractivity contribution >= 4 is 11.6 Å². The van der Waals surface area contributed by atoms with Gasteiger partial charge in [0.2, 0.25) is 0 Å². The van der Waals surface area contributed by atoms with E-state index >= 15 is 0 Å². The Labute approximate surface area is 72.2 Å². The monoisotopic (exact) mass is 169 g/mol. The molecule has 0 amide bonds. The van der Waals surface area contributed by atoms with Crippen molar-refractivity contribution in [2.45, 2.75) is 20.4 Å². The van der Waals surface area contributed by atoms with E-state index in [0.717, 1.165) is 16.1 Å². The van der Waals surface area contributed by atoms with Crippen molar-refractivity contribution in [2.75, 3.05) is 0 Å². The summed E-state index contributed by atoms with van der Waals surface area (Å²) in [5.41, 5.74) is 8.86. The SMILES string of the molecule is Cc1ccc(C)c(CN)c1Cl. The molecular weight excluding hydrogens is 158 g/mol. The van der Waals surface area contributed by atoms with Gasteiger partial charge in [0.05, 0.1) is 0 Å². The largest absolute Gasteiger partial charge is 0.326 e. The van der Waals surface area contributed by atoms with Crippen LogP contribution >= 0.6 is 11.6 Å². The van der Waals surface area contributed by atoms with Gasteiger partial charge in [-0.15, -0.1) is 0 Å². The summed E-state index contributed by atoms with van der Waals surface area (Å²) >= 11 is 6.02. The number of nitrogens with two attached hydrogens (primary N) is 1. The third kappa shape index (κ3) is 1.55. The standard InChI is InChI=1S/C9H12ClN/c1-6-3-4-7(2)9(10)8(6)5-11/h3-4H,5,11H2,1-2H3. The van der Waals surface area contributed by atoms with Gasteiger partial charge in [-0.3, -0.25) is 0 Å². The van der Waals surface area contributed by atoms with Gasteiger partial charge < -0.3 is 5.73 Å². The van der Waals surface area contributed by atoms with Crippen LogP contribution in [0, 0.1) is 13.8 Å². The van der Waals surface area contributed by atoms with Gasteiger partial charge in [-0.1, -0.05) is 23.7 Å². The Morgan fingerprint density at radius 2 is 1.82 bits per heavy atom. The van der Waals surface area contributed by atoms with Crippen molar-refractivity contribution in [3.63, 3.8) is 0 Å². The van der Waals surface area contributed by atoms with Gasteiger partial charge in [0.25, 0.3) is 0 Å². The van der Waals surface area contributed by atoms with E-state index in [9.17, 15) is 0 Å². The number of hydrogen-bond acceptors (Lipinski definition) is 1. The van der Waals surface area contributed by atoms with Crippen molar-refractivity contribution in [3.8, 4) is 0 Å². The molecule has 0 aromatic heterocycles. The molecule has 0 fully saturated rings. The minimum atomic E-state index is 0.520. The molecule has 0 aliphatic rings. The Bertz CT molecular complexity index is 269. The molecule has 1 nitrogen and oxygen atoms in total. The fourth-order valence-corrected chi connectivity index (χ4v) is 1.37. The predicted molar refractivity (Wildman–Crippen MR) is 48.8 cm³/mol. The molecule has 1 rings (SSSR count). The lowest BCUT2D eigenvalue weighted by molar-refractivity contribution is 1.04. The molecule has 1 aromatic carbocycles. The average molecular weight is 170 g/mol. The molecule has 0 atom stereocenters. The molecular formula is C9H12ClN. The van der Waals surface area contributed by atoms with E-state index in [1.807, 2.05) is 26.0 Å². The first-order valence-electron chi connectivity index (χ1n) is 3.61. The quantitative estimate of drug-likeness (QED) is 0.687. The molecule has 1 aromatic rings. The first kappa shape index (κ1) is 8.57. The van der Waals surface area contributed by atoms with Crippen LogP contribution in [0.5, 0.6) is 0 Å². The van der Waals surface area contributed by atoms with E-state index in [2.05, 4.69) is 0 Å². The van der Waals surface area contributed by atoms with E-state index in [4.69, 9.17) is 17.3 Å². The summed E-state index contributed by atoms with van der Waals surface area (Å²) in [5, 5.41) is 0.813. The van der Waals surface area contributed by atoms with Crippen LogP contribution in [0.15, 0.2) is 12.1 Å². The zero-order valence-electron chi connectivity index (χ0n) is 6.82. The minimum absolute atomic E-state index is 0.520. The number of aryl methyl sites for hydroxylation is 2. The molecule has 0 unspecified atom stereocenters. The number of hydrogen-bond donors (Lipinski definition) is 1. The lowest BCUT2D eigenvalue weighted by atomic mass is 10.1. The van der Waals surface area contributed by atoms with Crippen molar-refractivity contribution in [1.29, 1.82) is 0 Å². The van der Waals surface area contributed by atoms with Crippen LogP contribution in [0.25, 0.3) is 0 Å². The minimum Gasteiger partial charge on any atom is -0.326 e. The maximum Gasteiger partial charge on any atom is 0.0482 e. The average Bonchev–Trinajstić information content (AvgIpc) is 1.99. The van der Waals surface area contributed by atoms with Crippen LogP contribution in [0.3, 0.4) is 0 Å². The maximum atomic E-state index is 6.02. The third-order valence-electron chi connectivity index (χ3n) is 1.87. The highest BCUT2D eigenvalue weighted by atomic mass is 35.5. The van der Waals surface area contributed by atoms with E-state index < -0.39 is 0 Å². The van der Waals surface area contributed by atoms with Crippen molar-refractivity contribution < 1.29 is 0 Å². The van der Waals surface area contributed by atoms with Crippen molar-refractivity contribution in [1.82, 2.24) is 0 Å². The molecule has 0 bridgehead atoms. The van der Waals surface area contributed by atoms with Crippen LogP contribution in [0.1, 0.15) is 16.7 Å². The van der Waals surface area contributed by atoms with Gasteiger partial charge in [-0.2, -0.15) is 0 Å². The van der Waals surface area contributed by atoms with Crippen LogP contribution in [-0.2, 0) is 6.54 Å². The summed E-state index contributed by atoms with van der Waals surface area (Å²) in [4.78, 5) is 0. The van der Waals surface area contributed by atoms with Gasteiger partial charge >= 0.3 is 0 Å². The smallest absolute Gasteiger partial charge is 0.0482 e. The fourth-order valence-electron chi connectivity index (χ4n) is 1.09. The molecule has 11 heavy (non-hydrogen) atoms. The van der Waals surface area contributed by atoms with Gasteiger partial charge in [0, 0.05) is 11.6 Å². The molecule has 0 radical (unpaired) electrons. The van der Waals surface area contributed by atoms with E-state index in [1.54, 1.807) is 0 Å². The normalized spacial score (nSPS) is 10.2. The van der Waals surface area contributed by atoms with Crippen LogP contribution < -0.4 is 5.73 Å². The Morgan fingerprint density at radius 3 is 2.27 bits per heavy atom. The zero-order chi connectivity index (χ0) is 8.43. The summed E-state index contributed by atoms with van der Waals surface area (Å²) in [6.45, 7) is 4.53. The molecule has 2 N–H and O–H groups in total. The predicted octanol–water partition coefficient (Wildman–Crippen LogP) is 2.42. The van der Waals surface area contributed by atoms with Crippen molar-refractivity contribution in [2.24, 2.45) is 5.73 Å². The first-order valence-corrected chi connectivity index (χ1v) is 3.99. The van der Waals surface area contributed by atoms with Crippen molar-refractivity contribution in [3.05, 3.63) is 33.8 Å². The maximum absolute atomic E-state index is 6.02.